The van der Waals surface area contributed by atoms with Crippen LogP contribution in [0.25, 0.3) is 0 Å². The largest absolute Gasteiger partial charge is 0.395 e. The molecule has 0 aromatic heterocycles. The SMILES string of the molecule is O=C(c1cccc(F)c1)C1(CO)COC1. The summed E-state index contributed by atoms with van der Waals surface area (Å²) in [5.41, 5.74) is -0.569. The second-order valence-corrected chi connectivity index (χ2v) is 3.77. The summed E-state index contributed by atoms with van der Waals surface area (Å²) in [5.74, 6) is -0.704. The molecule has 1 N–H and O–H groups in total. The quantitative estimate of drug-likeness (QED) is 0.757. The van der Waals surface area contributed by atoms with Crippen molar-refractivity contribution in [3.8, 4) is 0 Å². The van der Waals surface area contributed by atoms with Crippen molar-refractivity contribution in [2.24, 2.45) is 5.41 Å². The summed E-state index contributed by atoms with van der Waals surface area (Å²) in [6, 6.07) is 5.48. The van der Waals surface area contributed by atoms with Crippen molar-refractivity contribution in [1.29, 1.82) is 0 Å². The number of carbonyl (C=O) groups excluding carboxylic acids is 1. The van der Waals surface area contributed by atoms with Gasteiger partial charge < -0.3 is 9.84 Å². The molecule has 4 heteroatoms. The zero-order valence-corrected chi connectivity index (χ0v) is 8.07. The van der Waals surface area contributed by atoms with E-state index in [-0.39, 0.29) is 31.2 Å². The highest BCUT2D eigenvalue weighted by Gasteiger charge is 2.45. The maximum atomic E-state index is 12.9. The molecule has 1 aliphatic heterocycles. The fraction of sp³-hybridized carbons (Fsp3) is 0.364. The molecule has 1 saturated heterocycles. The molecule has 0 spiro atoms. The first-order valence-electron chi connectivity index (χ1n) is 4.67. The summed E-state index contributed by atoms with van der Waals surface area (Å²) in [5, 5.41) is 9.14. The van der Waals surface area contributed by atoms with Crippen LogP contribution in [0.15, 0.2) is 24.3 Å². The lowest BCUT2D eigenvalue weighted by Crippen LogP contribution is -2.51. The molecule has 0 aliphatic carbocycles. The van der Waals surface area contributed by atoms with Gasteiger partial charge in [-0.25, -0.2) is 4.39 Å². The predicted molar refractivity (Wildman–Crippen MR) is 51.1 cm³/mol. The normalized spacial score (nSPS) is 18.3. The molecule has 0 unspecified atom stereocenters. The first-order valence-corrected chi connectivity index (χ1v) is 4.67. The molecule has 0 bridgehead atoms. The van der Waals surface area contributed by atoms with Gasteiger partial charge in [-0.05, 0) is 12.1 Å². The van der Waals surface area contributed by atoms with Crippen LogP contribution >= 0.6 is 0 Å². The summed E-state index contributed by atoms with van der Waals surface area (Å²) in [7, 11) is 0. The Balaban J connectivity index is 2.27. The molecule has 80 valence electrons. The van der Waals surface area contributed by atoms with Crippen molar-refractivity contribution in [2.75, 3.05) is 19.8 Å². The van der Waals surface area contributed by atoms with Crippen LogP contribution in [0.1, 0.15) is 10.4 Å². The van der Waals surface area contributed by atoms with Gasteiger partial charge in [0.05, 0.1) is 19.8 Å². The maximum absolute atomic E-state index is 12.9. The molecular weight excluding hydrogens is 199 g/mol. The van der Waals surface area contributed by atoms with Gasteiger partial charge in [0.15, 0.2) is 5.78 Å². The number of aliphatic hydroxyl groups is 1. The standard InChI is InChI=1S/C11H11FO3/c12-9-3-1-2-8(4-9)10(14)11(5-13)6-15-7-11/h1-4,13H,5-7H2. The Morgan fingerprint density at radius 1 is 1.53 bits per heavy atom. The molecule has 1 aliphatic rings. The number of aliphatic hydroxyl groups excluding tert-OH is 1. The average molecular weight is 210 g/mol. The minimum atomic E-state index is -0.853. The van der Waals surface area contributed by atoms with Crippen molar-refractivity contribution < 1.29 is 19.0 Å². The van der Waals surface area contributed by atoms with E-state index in [9.17, 15) is 9.18 Å². The molecule has 0 saturated carbocycles. The van der Waals surface area contributed by atoms with E-state index in [0.29, 0.717) is 0 Å². The molecule has 1 fully saturated rings. The average Bonchev–Trinajstić information content (AvgIpc) is 2.17. The van der Waals surface area contributed by atoms with Gasteiger partial charge in [-0.3, -0.25) is 4.79 Å². The van der Waals surface area contributed by atoms with Crippen LogP contribution in [0.2, 0.25) is 0 Å². The summed E-state index contributed by atoms with van der Waals surface area (Å²) in [6.45, 7) is 0.153. The number of rotatable bonds is 3. The second-order valence-electron chi connectivity index (χ2n) is 3.77. The number of halogens is 1. The van der Waals surface area contributed by atoms with Crippen LogP contribution in [0.4, 0.5) is 4.39 Å². The number of carbonyl (C=O) groups is 1. The molecule has 2 rings (SSSR count). The Labute approximate surface area is 86.5 Å². The van der Waals surface area contributed by atoms with Gasteiger partial charge in [0.25, 0.3) is 0 Å². The third kappa shape index (κ3) is 1.66. The van der Waals surface area contributed by atoms with Crippen LogP contribution < -0.4 is 0 Å². The monoisotopic (exact) mass is 210 g/mol. The first-order chi connectivity index (χ1) is 7.18. The molecule has 1 aromatic rings. The van der Waals surface area contributed by atoms with E-state index in [0.717, 1.165) is 0 Å². The molecule has 0 atom stereocenters. The van der Waals surface area contributed by atoms with E-state index in [2.05, 4.69) is 0 Å². The van der Waals surface area contributed by atoms with Crippen LogP contribution in [0, 0.1) is 11.2 Å². The lowest BCUT2D eigenvalue weighted by Gasteiger charge is -2.38. The van der Waals surface area contributed by atoms with E-state index in [1.54, 1.807) is 6.07 Å². The second kappa shape index (κ2) is 3.72. The Kier molecular flexibility index (Phi) is 2.54. The third-order valence-electron chi connectivity index (χ3n) is 2.63. The lowest BCUT2D eigenvalue weighted by atomic mass is 9.79. The van der Waals surface area contributed by atoms with Crippen molar-refractivity contribution in [1.82, 2.24) is 0 Å². The molecule has 15 heavy (non-hydrogen) atoms. The molecule has 1 aromatic carbocycles. The Bertz CT molecular complexity index is 380. The summed E-state index contributed by atoms with van der Waals surface area (Å²) in [4.78, 5) is 11.9. The highest BCUT2D eigenvalue weighted by atomic mass is 19.1. The molecule has 0 radical (unpaired) electrons. The van der Waals surface area contributed by atoms with Crippen LogP contribution in [0.5, 0.6) is 0 Å². The highest BCUT2D eigenvalue weighted by molar-refractivity contribution is 6.01. The van der Waals surface area contributed by atoms with Gasteiger partial charge in [-0.1, -0.05) is 12.1 Å². The first kappa shape index (κ1) is 10.3. The summed E-state index contributed by atoms with van der Waals surface area (Å²) < 4.78 is 17.8. The van der Waals surface area contributed by atoms with Gasteiger partial charge in [0, 0.05) is 5.56 Å². The van der Waals surface area contributed by atoms with Gasteiger partial charge in [-0.15, -0.1) is 0 Å². The van der Waals surface area contributed by atoms with Gasteiger partial charge in [-0.2, -0.15) is 0 Å². The topological polar surface area (TPSA) is 46.5 Å². The molecular formula is C11H11FO3. The third-order valence-corrected chi connectivity index (χ3v) is 2.63. The molecule has 0 amide bonds. The van der Waals surface area contributed by atoms with Crippen molar-refractivity contribution in [3.05, 3.63) is 35.6 Å². The molecule has 1 heterocycles. The van der Waals surface area contributed by atoms with Crippen LogP contribution in [-0.2, 0) is 4.74 Å². The van der Waals surface area contributed by atoms with Crippen molar-refractivity contribution >= 4 is 5.78 Å². The zero-order chi connectivity index (χ0) is 10.9. The Morgan fingerprint density at radius 3 is 2.73 bits per heavy atom. The number of ether oxygens (including phenoxy) is 1. The van der Waals surface area contributed by atoms with Crippen LogP contribution in [0.3, 0.4) is 0 Å². The van der Waals surface area contributed by atoms with E-state index in [4.69, 9.17) is 9.84 Å². The number of Topliss-reactive ketones (excluding diaryl/α,β-unsaturated/α-hetero) is 1. The van der Waals surface area contributed by atoms with E-state index in [1.165, 1.54) is 18.2 Å². The van der Waals surface area contributed by atoms with Crippen molar-refractivity contribution in [3.63, 3.8) is 0 Å². The van der Waals surface area contributed by atoms with Gasteiger partial charge >= 0.3 is 0 Å². The predicted octanol–water partition coefficient (Wildman–Crippen LogP) is 1.02. The number of ketones is 1. The fourth-order valence-electron chi connectivity index (χ4n) is 1.58. The van der Waals surface area contributed by atoms with E-state index >= 15 is 0 Å². The minimum Gasteiger partial charge on any atom is -0.395 e. The minimum absolute atomic E-state index is 0.207. The highest BCUT2D eigenvalue weighted by Crippen LogP contribution is 2.31. The summed E-state index contributed by atoms with van der Waals surface area (Å²) in [6.07, 6.45) is 0. The summed E-state index contributed by atoms with van der Waals surface area (Å²) >= 11 is 0. The van der Waals surface area contributed by atoms with Crippen molar-refractivity contribution in [2.45, 2.75) is 0 Å². The maximum Gasteiger partial charge on any atom is 0.176 e. The lowest BCUT2D eigenvalue weighted by molar-refractivity contribution is -0.109. The Hall–Kier alpha value is -1.26. The Morgan fingerprint density at radius 2 is 2.27 bits per heavy atom. The van der Waals surface area contributed by atoms with Gasteiger partial charge in [0.2, 0.25) is 0 Å². The number of benzene rings is 1. The van der Waals surface area contributed by atoms with Crippen LogP contribution in [-0.4, -0.2) is 30.7 Å². The fourth-order valence-corrected chi connectivity index (χ4v) is 1.58. The number of hydrogen-bond donors (Lipinski definition) is 1. The van der Waals surface area contributed by atoms with Gasteiger partial charge in [0.1, 0.15) is 11.2 Å². The van der Waals surface area contributed by atoms with E-state index < -0.39 is 11.2 Å². The number of hydrogen-bond acceptors (Lipinski definition) is 3. The van der Waals surface area contributed by atoms with E-state index in [1.807, 2.05) is 0 Å². The molecule has 3 nitrogen and oxygen atoms in total. The zero-order valence-electron chi connectivity index (χ0n) is 8.07. The smallest absolute Gasteiger partial charge is 0.176 e.